The molecule has 1 aliphatic carbocycles. The van der Waals surface area contributed by atoms with Crippen molar-refractivity contribution in [1.82, 2.24) is 0 Å². The van der Waals surface area contributed by atoms with Gasteiger partial charge in [-0.15, -0.1) is 0 Å². The van der Waals surface area contributed by atoms with Crippen LogP contribution in [-0.2, 0) is 20.2 Å². The molecule has 0 bridgehead atoms. The van der Waals surface area contributed by atoms with Crippen molar-refractivity contribution in [3.63, 3.8) is 0 Å². The van der Waals surface area contributed by atoms with Crippen LogP contribution in [0.15, 0.2) is 61.5 Å². The highest BCUT2D eigenvalue weighted by Gasteiger charge is 2.31. The van der Waals surface area contributed by atoms with Crippen LogP contribution in [0.5, 0.6) is 17.2 Å². The monoisotopic (exact) mass is 480 g/mol. The van der Waals surface area contributed by atoms with Gasteiger partial charge in [0.1, 0.15) is 21.1 Å². The predicted molar refractivity (Wildman–Crippen MR) is 109 cm³/mol. The van der Waals surface area contributed by atoms with E-state index in [-0.39, 0.29) is 27.9 Å². The Hall–Kier alpha value is -3.65. The van der Waals surface area contributed by atoms with E-state index in [2.05, 4.69) is 0 Å². The summed E-state index contributed by atoms with van der Waals surface area (Å²) in [6, 6.07) is 6.65. The molecule has 11 nitrogen and oxygen atoms in total. The Morgan fingerprint density at radius 1 is 0.750 bits per heavy atom. The van der Waals surface area contributed by atoms with Gasteiger partial charge < -0.3 is 19.7 Å². The predicted octanol–water partition coefficient (Wildman–Crippen LogP) is 2.18. The van der Waals surface area contributed by atoms with Crippen LogP contribution in [0.25, 0.3) is 33.4 Å². The van der Waals surface area contributed by atoms with Gasteiger partial charge in [-0.1, -0.05) is 12.1 Å². The molecule has 2 aromatic carbocycles. The molecule has 2 aromatic rings. The Morgan fingerprint density at radius 3 is 2.03 bits per heavy atom. The lowest BCUT2D eigenvalue weighted by Crippen LogP contribution is -2.11. The maximum Gasteiger partial charge on any atom is 0.296 e. The van der Waals surface area contributed by atoms with Gasteiger partial charge in [0.25, 0.3) is 20.2 Å². The molecule has 0 aromatic heterocycles. The van der Waals surface area contributed by atoms with Crippen LogP contribution >= 0.6 is 0 Å². The van der Waals surface area contributed by atoms with Crippen molar-refractivity contribution in [2.45, 2.75) is 9.79 Å². The Kier molecular flexibility index (Phi) is 4.67. The van der Waals surface area contributed by atoms with Crippen molar-refractivity contribution in [1.29, 1.82) is 0 Å². The molecule has 0 unspecified atom stereocenters. The summed E-state index contributed by atoms with van der Waals surface area (Å²) >= 11 is 0. The molecule has 1 aliphatic heterocycles. The number of hydrogen-bond acceptors (Lipinski definition) is 9. The largest absolute Gasteiger partial charge is 0.504 e. The van der Waals surface area contributed by atoms with Crippen molar-refractivity contribution >= 4 is 31.2 Å². The first-order valence-electron chi connectivity index (χ1n) is 8.53. The van der Waals surface area contributed by atoms with Gasteiger partial charge in [-0.3, -0.25) is 13.9 Å². The first-order chi connectivity index (χ1) is 14.8. The van der Waals surface area contributed by atoms with Crippen LogP contribution in [0.4, 0.5) is 0 Å². The minimum absolute atomic E-state index is 0.0803. The average molecular weight is 480 g/mol. The zero-order chi connectivity index (χ0) is 23.6. The molecule has 2 aliphatic rings. The SMILES string of the molecule is O=c1cc2oc3cc(O)c(O)cc3c(-c3cccc(S(=O)(=O)O)c3S(=O)(=O)O)c-2cc1O. The van der Waals surface area contributed by atoms with Crippen LogP contribution in [0, 0.1) is 0 Å². The number of rotatable bonds is 3. The van der Waals surface area contributed by atoms with Gasteiger partial charge in [0.2, 0.25) is 5.43 Å². The topological polar surface area (TPSA) is 200 Å². The van der Waals surface area contributed by atoms with Crippen molar-refractivity contribution in [3.05, 3.63) is 52.7 Å². The molecule has 0 atom stereocenters. The third kappa shape index (κ3) is 3.42. The first-order valence-corrected chi connectivity index (χ1v) is 11.4. The molecule has 166 valence electrons. The molecular weight excluding hydrogens is 468 g/mol. The van der Waals surface area contributed by atoms with Crippen LogP contribution in [0.1, 0.15) is 0 Å². The van der Waals surface area contributed by atoms with Crippen LogP contribution in [0.2, 0.25) is 0 Å². The summed E-state index contributed by atoms with van der Waals surface area (Å²) in [6.07, 6.45) is 0. The minimum atomic E-state index is -5.28. The van der Waals surface area contributed by atoms with Gasteiger partial charge in [0, 0.05) is 34.2 Å². The van der Waals surface area contributed by atoms with E-state index in [0.717, 1.165) is 42.5 Å². The van der Waals surface area contributed by atoms with E-state index in [9.17, 15) is 46.1 Å². The van der Waals surface area contributed by atoms with Crippen LogP contribution in [0.3, 0.4) is 0 Å². The summed E-state index contributed by atoms with van der Waals surface area (Å²) in [5, 5.41) is 29.6. The Balaban J connectivity index is 2.34. The smallest absolute Gasteiger partial charge is 0.296 e. The van der Waals surface area contributed by atoms with E-state index in [1.807, 2.05) is 0 Å². The normalized spacial score (nSPS) is 12.4. The molecular formula is C19H12O11S2. The molecule has 13 heteroatoms. The highest BCUT2D eigenvalue weighted by atomic mass is 32.2. The summed E-state index contributed by atoms with van der Waals surface area (Å²) < 4.78 is 72.8. The zero-order valence-electron chi connectivity index (χ0n) is 15.5. The lowest BCUT2D eigenvalue weighted by Gasteiger charge is -2.18. The lowest BCUT2D eigenvalue weighted by molar-refractivity contribution is 0.404. The summed E-state index contributed by atoms with van der Waals surface area (Å²) in [6.45, 7) is 0. The number of phenols is 3. The number of phenolic OH excluding ortho intramolecular Hbond substituents is 3. The number of hydrogen-bond donors (Lipinski definition) is 5. The third-order valence-corrected chi connectivity index (χ3v) is 6.66. The quantitative estimate of drug-likeness (QED) is 0.163. The third-order valence-electron chi connectivity index (χ3n) is 4.68. The summed E-state index contributed by atoms with van der Waals surface area (Å²) in [5.41, 5.74) is -1.76. The standard InChI is InChI=1S/C19H12O11S2/c20-11-4-9-15(6-13(11)22)30-16-7-14(23)12(21)5-10(16)18(9)8-2-1-3-17(31(24,25)26)19(8)32(27,28)29/h1-7,20-22H,(H,24,25,26)(H,27,28,29). The van der Waals surface area contributed by atoms with Gasteiger partial charge >= 0.3 is 0 Å². The van der Waals surface area contributed by atoms with Crippen LogP contribution in [-0.4, -0.2) is 41.3 Å². The fraction of sp³-hybridized carbons (Fsp3) is 0. The van der Waals surface area contributed by atoms with Gasteiger partial charge in [-0.05, 0) is 18.2 Å². The maximum absolute atomic E-state index is 12.2. The molecule has 4 rings (SSSR count). The second-order valence-electron chi connectivity index (χ2n) is 6.71. The Labute approximate surface area is 179 Å². The van der Waals surface area contributed by atoms with Crippen molar-refractivity contribution in [3.8, 4) is 39.7 Å². The molecule has 0 spiro atoms. The van der Waals surface area contributed by atoms with E-state index >= 15 is 0 Å². The molecule has 1 heterocycles. The molecule has 0 fully saturated rings. The van der Waals surface area contributed by atoms with Gasteiger partial charge in [-0.25, -0.2) is 0 Å². The maximum atomic E-state index is 12.2. The highest BCUT2D eigenvalue weighted by molar-refractivity contribution is 7.89. The molecule has 5 N–H and O–H groups in total. The lowest BCUT2D eigenvalue weighted by atomic mass is 9.93. The van der Waals surface area contributed by atoms with Crippen molar-refractivity contribution in [2.75, 3.05) is 0 Å². The summed E-state index contributed by atoms with van der Waals surface area (Å²) in [4.78, 5) is 9.58. The second-order valence-corrected chi connectivity index (χ2v) is 9.46. The van der Waals surface area contributed by atoms with Crippen LogP contribution < -0.4 is 5.43 Å². The Morgan fingerprint density at radius 2 is 1.41 bits per heavy atom. The molecule has 0 amide bonds. The van der Waals surface area contributed by atoms with E-state index in [0.29, 0.717) is 0 Å². The van der Waals surface area contributed by atoms with E-state index in [1.165, 1.54) is 0 Å². The highest BCUT2D eigenvalue weighted by Crippen LogP contribution is 2.46. The minimum Gasteiger partial charge on any atom is -0.504 e. The van der Waals surface area contributed by atoms with Gasteiger partial charge in [0.05, 0.1) is 0 Å². The summed E-state index contributed by atoms with van der Waals surface area (Å²) in [7, 11) is -10.4. The summed E-state index contributed by atoms with van der Waals surface area (Å²) in [5.74, 6) is -2.22. The molecule has 32 heavy (non-hydrogen) atoms. The first kappa shape index (κ1) is 21.6. The second kappa shape index (κ2) is 6.93. The Bertz CT molecular complexity index is 1670. The number of benzene rings is 3. The van der Waals surface area contributed by atoms with Gasteiger partial charge in [-0.2, -0.15) is 16.8 Å². The number of aromatic hydroxyl groups is 3. The van der Waals surface area contributed by atoms with Crippen molar-refractivity contribution in [2.24, 2.45) is 0 Å². The molecule has 0 radical (unpaired) electrons. The van der Waals surface area contributed by atoms with E-state index < -0.39 is 58.3 Å². The van der Waals surface area contributed by atoms with E-state index in [1.54, 1.807) is 0 Å². The van der Waals surface area contributed by atoms with Gasteiger partial charge in [0.15, 0.2) is 17.2 Å². The zero-order valence-corrected chi connectivity index (χ0v) is 17.2. The molecule has 0 saturated heterocycles. The average Bonchev–Trinajstić information content (AvgIpc) is 2.67. The van der Waals surface area contributed by atoms with E-state index in [4.69, 9.17) is 4.42 Å². The molecule has 0 saturated carbocycles. The fourth-order valence-corrected chi connectivity index (χ4v) is 5.40. The number of fused-ring (bicyclic) bond motifs is 2. The fourth-order valence-electron chi connectivity index (χ4n) is 3.40. The van der Waals surface area contributed by atoms with Crippen molar-refractivity contribution < 1.29 is 45.7 Å².